The summed E-state index contributed by atoms with van der Waals surface area (Å²) in [5.41, 5.74) is 5.98. The minimum atomic E-state index is 0.399. The Balaban J connectivity index is 2.11. The Labute approximate surface area is 75.5 Å². The van der Waals surface area contributed by atoms with Crippen molar-refractivity contribution in [3.05, 3.63) is 0 Å². The van der Waals surface area contributed by atoms with Gasteiger partial charge in [-0.2, -0.15) is 0 Å². The molecule has 0 amide bonds. The van der Waals surface area contributed by atoms with E-state index in [9.17, 15) is 0 Å². The van der Waals surface area contributed by atoms with Gasteiger partial charge in [0.15, 0.2) is 0 Å². The van der Waals surface area contributed by atoms with E-state index < -0.39 is 0 Å². The highest BCUT2D eigenvalue weighted by molar-refractivity contribution is 4.75. The molecule has 12 heavy (non-hydrogen) atoms. The number of hydrogen-bond donors (Lipinski definition) is 1. The average molecular weight is 171 g/mol. The number of hydrogen-bond acceptors (Lipinski definition) is 2. The summed E-state index contributed by atoms with van der Waals surface area (Å²) in [7, 11) is 0. The highest BCUT2D eigenvalue weighted by atomic mass is 16.5. The highest BCUT2D eigenvalue weighted by Crippen LogP contribution is 2.19. The van der Waals surface area contributed by atoms with Crippen LogP contribution in [0.3, 0.4) is 0 Å². The standard InChI is InChI=1S/C10H21NO/c1-2-3-4-5-9-8-12-7-6-10(9)11/h9-10H,2-8,11H2,1H3. The van der Waals surface area contributed by atoms with Crippen LogP contribution in [0.1, 0.15) is 39.0 Å². The van der Waals surface area contributed by atoms with Gasteiger partial charge in [-0.25, -0.2) is 0 Å². The van der Waals surface area contributed by atoms with Crippen LogP contribution in [0.2, 0.25) is 0 Å². The molecule has 1 aliphatic rings. The van der Waals surface area contributed by atoms with Crippen molar-refractivity contribution in [3.63, 3.8) is 0 Å². The molecule has 0 bridgehead atoms. The number of nitrogens with two attached hydrogens (primary N) is 1. The molecule has 0 aromatic heterocycles. The quantitative estimate of drug-likeness (QED) is 0.656. The van der Waals surface area contributed by atoms with Crippen molar-refractivity contribution in [2.24, 2.45) is 11.7 Å². The van der Waals surface area contributed by atoms with E-state index in [1.807, 2.05) is 0 Å². The summed E-state index contributed by atoms with van der Waals surface area (Å²) in [6.45, 7) is 3.99. The van der Waals surface area contributed by atoms with Gasteiger partial charge in [0.1, 0.15) is 0 Å². The number of ether oxygens (including phenoxy) is 1. The second-order valence-corrected chi connectivity index (χ2v) is 3.78. The largest absolute Gasteiger partial charge is 0.381 e. The highest BCUT2D eigenvalue weighted by Gasteiger charge is 2.21. The molecular formula is C10H21NO. The first-order valence-electron chi connectivity index (χ1n) is 5.18. The summed E-state index contributed by atoms with van der Waals surface area (Å²) in [5.74, 6) is 0.630. The van der Waals surface area contributed by atoms with E-state index in [4.69, 9.17) is 10.5 Å². The molecule has 72 valence electrons. The van der Waals surface area contributed by atoms with Gasteiger partial charge in [0.2, 0.25) is 0 Å². The number of rotatable bonds is 4. The SMILES string of the molecule is CCCCCC1COCCC1N. The lowest BCUT2D eigenvalue weighted by Crippen LogP contribution is -2.38. The predicted molar refractivity (Wildman–Crippen MR) is 51.0 cm³/mol. The lowest BCUT2D eigenvalue weighted by Gasteiger charge is -2.28. The Morgan fingerprint density at radius 2 is 2.25 bits per heavy atom. The van der Waals surface area contributed by atoms with Gasteiger partial charge in [-0.15, -0.1) is 0 Å². The van der Waals surface area contributed by atoms with Crippen LogP contribution in [0.15, 0.2) is 0 Å². The van der Waals surface area contributed by atoms with Crippen LogP contribution in [0, 0.1) is 5.92 Å². The van der Waals surface area contributed by atoms with E-state index in [1.165, 1.54) is 25.7 Å². The van der Waals surface area contributed by atoms with Gasteiger partial charge < -0.3 is 10.5 Å². The molecule has 0 aromatic rings. The van der Waals surface area contributed by atoms with Gasteiger partial charge in [0, 0.05) is 12.6 Å². The van der Waals surface area contributed by atoms with Gasteiger partial charge >= 0.3 is 0 Å². The Morgan fingerprint density at radius 1 is 1.42 bits per heavy atom. The fourth-order valence-corrected chi connectivity index (χ4v) is 1.77. The topological polar surface area (TPSA) is 35.2 Å². The van der Waals surface area contributed by atoms with Crippen molar-refractivity contribution in [1.29, 1.82) is 0 Å². The molecule has 0 spiro atoms. The van der Waals surface area contributed by atoms with Crippen LogP contribution < -0.4 is 5.73 Å². The van der Waals surface area contributed by atoms with Gasteiger partial charge in [-0.05, 0) is 18.8 Å². The van der Waals surface area contributed by atoms with E-state index in [0.29, 0.717) is 12.0 Å². The van der Waals surface area contributed by atoms with Crippen molar-refractivity contribution >= 4 is 0 Å². The van der Waals surface area contributed by atoms with Crippen LogP contribution in [0.25, 0.3) is 0 Å². The summed E-state index contributed by atoms with van der Waals surface area (Å²) in [6.07, 6.45) is 6.26. The molecule has 2 unspecified atom stereocenters. The fraction of sp³-hybridized carbons (Fsp3) is 1.00. The maximum Gasteiger partial charge on any atom is 0.0509 e. The number of unbranched alkanes of at least 4 members (excludes halogenated alkanes) is 2. The molecule has 0 aliphatic carbocycles. The Kier molecular flexibility index (Phi) is 4.62. The Hall–Kier alpha value is -0.0800. The zero-order chi connectivity index (χ0) is 8.81. The van der Waals surface area contributed by atoms with Crippen LogP contribution in [-0.2, 0) is 4.74 Å². The molecule has 1 saturated heterocycles. The van der Waals surface area contributed by atoms with Crippen LogP contribution in [0.5, 0.6) is 0 Å². The van der Waals surface area contributed by atoms with Gasteiger partial charge in [-0.3, -0.25) is 0 Å². The summed E-state index contributed by atoms with van der Waals surface area (Å²) < 4.78 is 5.40. The monoisotopic (exact) mass is 171 g/mol. The van der Waals surface area contributed by atoms with Crippen molar-refractivity contribution in [3.8, 4) is 0 Å². The molecule has 2 N–H and O–H groups in total. The third-order valence-corrected chi connectivity index (χ3v) is 2.71. The Bertz CT molecular complexity index is 116. The van der Waals surface area contributed by atoms with E-state index in [1.54, 1.807) is 0 Å². The molecule has 2 nitrogen and oxygen atoms in total. The van der Waals surface area contributed by atoms with E-state index in [0.717, 1.165) is 19.6 Å². The van der Waals surface area contributed by atoms with E-state index in [-0.39, 0.29) is 0 Å². The normalized spacial score (nSPS) is 30.5. The van der Waals surface area contributed by atoms with Gasteiger partial charge in [0.25, 0.3) is 0 Å². The lowest BCUT2D eigenvalue weighted by molar-refractivity contribution is 0.0379. The summed E-state index contributed by atoms with van der Waals surface area (Å²) in [5, 5.41) is 0. The maximum absolute atomic E-state index is 5.98. The molecule has 1 fully saturated rings. The van der Waals surface area contributed by atoms with Crippen LogP contribution in [0.4, 0.5) is 0 Å². The predicted octanol–water partition coefficient (Wildman–Crippen LogP) is 1.93. The molecule has 0 saturated carbocycles. The molecular weight excluding hydrogens is 150 g/mol. The minimum absolute atomic E-state index is 0.399. The van der Waals surface area contributed by atoms with Gasteiger partial charge in [-0.1, -0.05) is 26.2 Å². The van der Waals surface area contributed by atoms with Crippen LogP contribution in [-0.4, -0.2) is 19.3 Å². The van der Waals surface area contributed by atoms with Crippen molar-refractivity contribution in [1.82, 2.24) is 0 Å². The molecule has 2 heteroatoms. The van der Waals surface area contributed by atoms with Crippen LogP contribution >= 0.6 is 0 Å². The molecule has 2 atom stereocenters. The molecule has 1 aliphatic heterocycles. The van der Waals surface area contributed by atoms with Crippen molar-refractivity contribution in [2.75, 3.05) is 13.2 Å². The second-order valence-electron chi connectivity index (χ2n) is 3.78. The third kappa shape index (κ3) is 3.11. The molecule has 1 heterocycles. The summed E-state index contributed by atoms with van der Waals surface area (Å²) in [4.78, 5) is 0. The first-order valence-corrected chi connectivity index (χ1v) is 5.18. The summed E-state index contributed by atoms with van der Waals surface area (Å²) in [6, 6.07) is 0.399. The lowest BCUT2D eigenvalue weighted by atomic mass is 9.91. The minimum Gasteiger partial charge on any atom is -0.381 e. The fourth-order valence-electron chi connectivity index (χ4n) is 1.77. The third-order valence-electron chi connectivity index (χ3n) is 2.71. The van der Waals surface area contributed by atoms with Gasteiger partial charge in [0.05, 0.1) is 6.61 Å². The average Bonchev–Trinajstić information content (AvgIpc) is 2.09. The van der Waals surface area contributed by atoms with Crippen molar-refractivity contribution < 1.29 is 4.74 Å². The first kappa shape index (κ1) is 10.0. The zero-order valence-electron chi connectivity index (χ0n) is 8.09. The maximum atomic E-state index is 5.98. The molecule has 0 aromatic carbocycles. The smallest absolute Gasteiger partial charge is 0.0509 e. The molecule has 0 radical (unpaired) electrons. The summed E-state index contributed by atoms with van der Waals surface area (Å²) >= 11 is 0. The molecule has 1 rings (SSSR count). The second kappa shape index (κ2) is 5.55. The zero-order valence-corrected chi connectivity index (χ0v) is 8.09. The first-order chi connectivity index (χ1) is 5.84. The Morgan fingerprint density at radius 3 is 2.92 bits per heavy atom. The van der Waals surface area contributed by atoms with E-state index in [2.05, 4.69) is 6.92 Å². The van der Waals surface area contributed by atoms with E-state index >= 15 is 0 Å². The van der Waals surface area contributed by atoms with Crippen molar-refractivity contribution in [2.45, 2.75) is 45.1 Å².